The number of aromatic nitrogens is 2. The van der Waals surface area contributed by atoms with Crippen molar-refractivity contribution in [3.05, 3.63) is 12.4 Å². The van der Waals surface area contributed by atoms with Gasteiger partial charge in [-0.2, -0.15) is 10.4 Å². The number of hydrogen-bond donors (Lipinski definition) is 1. The van der Waals surface area contributed by atoms with Crippen molar-refractivity contribution in [1.82, 2.24) is 15.1 Å². The van der Waals surface area contributed by atoms with E-state index in [2.05, 4.69) is 23.4 Å². The summed E-state index contributed by atoms with van der Waals surface area (Å²) in [6.45, 7) is 3.02. The summed E-state index contributed by atoms with van der Waals surface area (Å²) in [5.74, 6) is 0.945. The van der Waals surface area contributed by atoms with Crippen molar-refractivity contribution in [2.45, 2.75) is 30.7 Å². The van der Waals surface area contributed by atoms with Crippen molar-refractivity contribution in [2.75, 3.05) is 12.3 Å². The van der Waals surface area contributed by atoms with E-state index in [1.807, 2.05) is 19.4 Å². The molecule has 1 rings (SSSR count). The Morgan fingerprint density at radius 3 is 3.06 bits per heavy atom. The lowest BCUT2D eigenvalue weighted by molar-refractivity contribution is 0.585. The predicted octanol–water partition coefficient (Wildman–Crippen LogP) is 1.79. The number of aryl methyl sites for hydroxylation is 1. The van der Waals surface area contributed by atoms with Gasteiger partial charge >= 0.3 is 0 Å². The quantitative estimate of drug-likeness (QED) is 0.736. The maximum absolute atomic E-state index is 8.92. The molecule has 0 radical (unpaired) electrons. The Morgan fingerprint density at radius 2 is 2.50 bits per heavy atom. The van der Waals surface area contributed by atoms with Crippen molar-refractivity contribution in [1.29, 1.82) is 5.26 Å². The third-order valence-electron chi connectivity index (χ3n) is 2.15. The van der Waals surface area contributed by atoms with Gasteiger partial charge in [0.15, 0.2) is 0 Å². The van der Waals surface area contributed by atoms with E-state index >= 15 is 0 Å². The fourth-order valence-corrected chi connectivity index (χ4v) is 2.24. The molecule has 0 aliphatic heterocycles. The van der Waals surface area contributed by atoms with Crippen LogP contribution in [0.1, 0.15) is 19.8 Å². The Hall–Kier alpha value is -0.990. The Balaban J connectivity index is 2.21. The highest BCUT2D eigenvalue weighted by atomic mass is 32.2. The first-order chi connectivity index (χ1) is 7.76. The van der Waals surface area contributed by atoms with E-state index in [4.69, 9.17) is 5.26 Å². The highest BCUT2D eigenvalue weighted by molar-refractivity contribution is 7.99. The van der Waals surface area contributed by atoms with E-state index in [1.54, 1.807) is 16.4 Å². The van der Waals surface area contributed by atoms with E-state index in [1.165, 1.54) is 0 Å². The maximum atomic E-state index is 8.92. The fraction of sp³-hybridized carbons (Fsp3) is 0.636. The van der Waals surface area contributed by atoms with Crippen LogP contribution in [0, 0.1) is 11.3 Å². The molecule has 0 amide bonds. The molecule has 1 heterocycles. The highest BCUT2D eigenvalue weighted by Gasteiger charge is 2.06. The van der Waals surface area contributed by atoms with Gasteiger partial charge in [0.2, 0.25) is 0 Å². The molecule has 16 heavy (non-hydrogen) atoms. The summed E-state index contributed by atoms with van der Waals surface area (Å²) < 4.78 is 1.79. The summed E-state index contributed by atoms with van der Waals surface area (Å²) >= 11 is 1.74. The summed E-state index contributed by atoms with van der Waals surface area (Å²) in [6, 6.07) is 2.26. The van der Waals surface area contributed by atoms with Gasteiger partial charge in [-0.1, -0.05) is 6.92 Å². The van der Waals surface area contributed by atoms with Gasteiger partial charge in [-0.05, 0) is 19.4 Å². The van der Waals surface area contributed by atoms with Crippen LogP contribution in [0.2, 0.25) is 0 Å². The zero-order valence-electron chi connectivity index (χ0n) is 9.81. The molecule has 0 aliphatic carbocycles. The average Bonchev–Trinajstić information content (AvgIpc) is 2.69. The molecule has 5 heteroatoms. The Kier molecular flexibility index (Phi) is 5.98. The minimum absolute atomic E-state index is 0.0240. The first-order valence-electron chi connectivity index (χ1n) is 5.50. The van der Waals surface area contributed by atoms with Crippen molar-refractivity contribution in [2.24, 2.45) is 7.05 Å². The lowest BCUT2D eigenvalue weighted by atomic mass is 10.2. The number of thioether (sulfide) groups is 1. The number of nitrogens with one attached hydrogen (secondary N) is 1. The van der Waals surface area contributed by atoms with E-state index in [0.717, 1.165) is 30.0 Å². The molecule has 0 fully saturated rings. The first-order valence-corrected chi connectivity index (χ1v) is 6.49. The molecule has 1 aromatic rings. The standard InChI is InChI=1S/C11H18N4S/c1-3-5-13-10(7-12)4-6-16-11-8-14-15(2)9-11/h8-10,13H,3-6H2,1-2H3. The van der Waals surface area contributed by atoms with Crippen LogP contribution in [0.4, 0.5) is 0 Å². The van der Waals surface area contributed by atoms with Crippen LogP contribution in [0.25, 0.3) is 0 Å². The van der Waals surface area contributed by atoms with Gasteiger partial charge in [-0.25, -0.2) is 0 Å². The number of hydrogen-bond acceptors (Lipinski definition) is 4. The van der Waals surface area contributed by atoms with E-state index < -0.39 is 0 Å². The van der Waals surface area contributed by atoms with Gasteiger partial charge in [-0.15, -0.1) is 11.8 Å². The lowest BCUT2D eigenvalue weighted by Gasteiger charge is -2.09. The summed E-state index contributed by atoms with van der Waals surface area (Å²) in [5, 5.41) is 16.2. The molecule has 0 spiro atoms. The maximum Gasteiger partial charge on any atom is 0.0961 e. The molecule has 1 aromatic heterocycles. The zero-order chi connectivity index (χ0) is 11.8. The Labute approximate surface area is 101 Å². The molecule has 0 aliphatic rings. The normalized spacial score (nSPS) is 12.3. The van der Waals surface area contributed by atoms with E-state index in [0.29, 0.717) is 0 Å². The molecule has 88 valence electrons. The van der Waals surface area contributed by atoms with Crippen molar-refractivity contribution in [3.8, 4) is 6.07 Å². The van der Waals surface area contributed by atoms with Crippen LogP contribution >= 0.6 is 11.8 Å². The topological polar surface area (TPSA) is 53.6 Å². The van der Waals surface area contributed by atoms with Crippen LogP contribution < -0.4 is 5.32 Å². The molecule has 0 saturated carbocycles. The fourth-order valence-electron chi connectivity index (χ4n) is 1.30. The van der Waals surface area contributed by atoms with Crippen LogP contribution in [-0.4, -0.2) is 28.1 Å². The summed E-state index contributed by atoms with van der Waals surface area (Å²) in [7, 11) is 1.91. The number of rotatable bonds is 7. The van der Waals surface area contributed by atoms with Crippen LogP contribution in [0.15, 0.2) is 17.3 Å². The SMILES string of the molecule is CCCNC(C#N)CCSc1cnn(C)c1. The molecule has 4 nitrogen and oxygen atoms in total. The highest BCUT2D eigenvalue weighted by Crippen LogP contribution is 2.17. The molecule has 1 N–H and O–H groups in total. The molecular weight excluding hydrogens is 220 g/mol. The van der Waals surface area contributed by atoms with Crippen molar-refractivity contribution in [3.63, 3.8) is 0 Å². The zero-order valence-corrected chi connectivity index (χ0v) is 10.6. The van der Waals surface area contributed by atoms with Gasteiger partial charge < -0.3 is 5.32 Å². The summed E-state index contributed by atoms with van der Waals surface area (Å²) in [4.78, 5) is 1.16. The number of nitrogens with zero attached hydrogens (tertiary/aromatic N) is 3. The van der Waals surface area contributed by atoms with Gasteiger partial charge in [0.1, 0.15) is 0 Å². The second kappa shape index (κ2) is 7.31. The predicted molar refractivity (Wildman–Crippen MR) is 66.2 cm³/mol. The molecule has 0 bridgehead atoms. The third-order valence-corrected chi connectivity index (χ3v) is 3.14. The van der Waals surface area contributed by atoms with Crippen molar-refractivity contribution < 1.29 is 0 Å². The van der Waals surface area contributed by atoms with Crippen LogP contribution in [0.5, 0.6) is 0 Å². The lowest BCUT2D eigenvalue weighted by Crippen LogP contribution is -2.28. The average molecular weight is 238 g/mol. The summed E-state index contributed by atoms with van der Waals surface area (Å²) in [6.07, 6.45) is 5.78. The molecular formula is C11H18N4S. The van der Waals surface area contributed by atoms with E-state index in [-0.39, 0.29) is 6.04 Å². The molecule has 1 unspecified atom stereocenters. The molecule has 0 saturated heterocycles. The minimum Gasteiger partial charge on any atom is -0.302 e. The minimum atomic E-state index is -0.0240. The summed E-state index contributed by atoms with van der Waals surface area (Å²) in [5.41, 5.74) is 0. The Bertz CT molecular complexity index is 342. The van der Waals surface area contributed by atoms with Gasteiger partial charge in [0.05, 0.1) is 18.3 Å². The largest absolute Gasteiger partial charge is 0.302 e. The number of nitriles is 1. The Morgan fingerprint density at radius 1 is 1.69 bits per heavy atom. The van der Waals surface area contributed by atoms with Crippen LogP contribution in [-0.2, 0) is 7.05 Å². The molecule has 0 aromatic carbocycles. The first kappa shape index (κ1) is 13.1. The molecule has 1 atom stereocenters. The van der Waals surface area contributed by atoms with Crippen molar-refractivity contribution >= 4 is 11.8 Å². The van der Waals surface area contributed by atoms with Crippen LogP contribution in [0.3, 0.4) is 0 Å². The monoisotopic (exact) mass is 238 g/mol. The third kappa shape index (κ3) is 4.69. The van der Waals surface area contributed by atoms with Gasteiger partial charge in [-0.3, -0.25) is 4.68 Å². The smallest absolute Gasteiger partial charge is 0.0961 e. The van der Waals surface area contributed by atoms with E-state index in [9.17, 15) is 0 Å². The van der Waals surface area contributed by atoms with Gasteiger partial charge in [0, 0.05) is 23.9 Å². The second-order valence-corrected chi connectivity index (χ2v) is 4.79. The second-order valence-electron chi connectivity index (χ2n) is 3.62. The van der Waals surface area contributed by atoms with Gasteiger partial charge in [0.25, 0.3) is 0 Å².